The molecule has 1 fully saturated rings. The zero-order chi connectivity index (χ0) is 39.2. The number of carbonyl (C=O) groups is 4. The number of methoxy groups -OCH3 is 2. The lowest BCUT2D eigenvalue weighted by Crippen LogP contribution is -2.35. The number of nitrogens with zero attached hydrogens (tertiary/aromatic N) is 6. The molecule has 2 amide bonds. The summed E-state index contributed by atoms with van der Waals surface area (Å²) in [6.07, 6.45) is 2.81. The number of halogens is 1. The molecule has 0 bridgehead atoms. The normalized spacial score (nSPS) is 13.5. The number of amides is 2. The number of hydrogen-bond acceptors (Lipinski definition) is 16. The number of Topliss-reactive ketones (excluding diaryl/α,β-unsaturated/α-hetero) is 3. The Kier molecular flexibility index (Phi) is 12.4. The number of sulfonamides is 1. The highest BCUT2D eigenvalue weighted by molar-refractivity contribution is 7.90. The number of urea groups is 1. The first-order chi connectivity index (χ1) is 24.9. The van der Waals surface area contributed by atoms with Gasteiger partial charge in [0.05, 0.1) is 41.4 Å². The Morgan fingerprint density at radius 3 is 2.17 bits per heavy atom. The summed E-state index contributed by atoms with van der Waals surface area (Å²) < 4.78 is 61.4. The molecule has 0 spiro atoms. The minimum atomic E-state index is -4.43. The van der Waals surface area contributed by atoms with Crippen LogP contribution in [0.5, 0.6) is 11.8 Å². The zero-order valence-electron chi connectivity index (χ0n) is 28.4. The Morgan fingerprint density at radius 2 is 1.62 bits per heavy atom. The fraction of sp³-hybridized carbons (Fsp3) is 0.333. The second-order valence-corrected chi connectivity index (χ2v) is 15.2. The molecule has 0 aliphatic heterocycles. The molecule has 1 aromatic carbocycles. The van der Waals surface area contributed by atoms with Crippen molar-refractivity contribution >= 4 is 72.1 Å². The van der Waals surface area contributed by atoms with Gasteiger partial charge in [-0.1, -0.05) is 24.9 Å². The third kappa shape index (κ3) is 9.44. The molecule has 0 atom stereocenters. The van der Waals surface area contributed by atoms with Gasteiger partial charge in [-0.25, -0.2) is 22.9 Å². The van der Waals surface area contributed by atoms with Crippen LogP contribution in [0.4, 0.5) is 16.4 Å². The van der Waals surface area contributed by atoms with E-state index in [0.29, 0.717) is 18.5 Å². The molecule has 20 nitrogen and oxygen atoms in total. The van der Waals surface area contributed by atoms with Crippen molar-refractivity contribution < 1.29 is 50.4 Å². The average molecular weight is 795 g/mol. The maximum absolute atomic E-state index is 12.8. The summed E-state index contributed by atoms with van der Waals surface area (Å²) >= 11 is 6.02. The van der Waals surface area contributed by atoms with Crippen molar-refractivity contribution in [1.29, 1.82) is 0 Å². The fourth-order valence-corrected chi connectivity index (χ4v) is 7.09. The van der Waals surface area contributed by atoms with Gasteiger partial charge in [-0.3, -0.25) is 29.8 Å². The fourth-order valence-electron chi connectivity index (χ4n) is 4.96. The van der Waals surface area contributed by atoms with Crippen molar-refractivity contribution in [3.63, 3.8) is 0 Å². The van der Waals surface area contributed by atoms with Crippen LogP contribution < -0.4 is 19.5 Å². The molecule has 23 heteroatoms. The number of imidazole rings is 1. The minimum Gasteiger partial charge on any atom is -0.481 e. The standard InChI is InChI=1S/C16H18ClN7O5S.C14H13NO7S/c1-4-5-9-6-7-10-18-13(17)14(24(10)22-9)30(26,27)23-16(25)21-15-19-11(28-2)8-12(20-15)29-3;1-23(21,22)8-5-6-9(10(7-8)15(19)20)14(18)13-11(16)3-2-4-12(13)17/h6-8H,4-5H2,1-3H3,(H2,19,20,21,23,25);5-7,13H,2-4H2,1H3. The lowest BCUT2D eigenvalue weighted by molar-refractivity contribution is -0.385. The Morgan fingerprint density at radius 1 is 1.00 bits per heavy atom. The number of aromatic nitrogens is 5. The number of ketones is 3. The molecular formula is C30H31ClN8O12S2. The lowest BCUT2D eigenvalue weighted by Gasteiger charge is -2.18. The van der Waals surface area contributed by atoms with Gasteiger partial charge >= 0.3 is 6.03 Å². The SMILES string of the molecule is CCCc1ccc2nc(Cl)c(S(=O)(=O)NC(=O)Nc3nc(OC)cc(OC)n3)n2n1.CS(=O)(=O)c1ccc(C(=O)C2C(=O)CCCC2=O)c([N+](=O)[O-])c1. The van der Waals surface area contributed by atoms with Crippen LogP contribution in [-0.2, 0) is 35.9 Å². The number of nitrogens with one attached hydrogen (secondary N) is 2. The van der Waals surface area contributed by atoms with Crippen molar-refractivity contribution in [2.75, 3.05) is 25.8 Å². The Labute approximate surface area is 306 Å². The summed E-state index contributed by atoms with van der Waals surface area (Å²) in [5, 5.41) is 16.8. The summed E-state index contributed by atoms with van der Waals surface area (Å²) in [6, 6.07) is 6.38. The van der Waals surface area contributed by atoms with E-state index in [2.05, 4.69) is 25.4 Å². The number of nitro benzene ring substituents is 1. The highest BCUT2D eigenvalue weighted by Crippen LogP contribution is 2.29. The predicted molar refractivity (Wildman–Crippen MR) is 184 cm³/mol. The lowest BCUT2D eigenvalue weighted by atomic mass is 9.81. The largest absolute Gasteiger partial charge is 0.481 e. The van der Waals surface area contributed by atoms with E-state index in [1.54, 1.807) is 12.1 Å². The molecule has 282 valence electrons. The van der Waals surface area contributed by atoms with Crippen molar-refractivity contribution in [3.8, 4) is 11.8 Å². The van der Waals surface area contributed by atoms with Crippen LogP contribution in [0.1, 0.15) is 48.7 Å². The maximum atomic E-state index is 12.8. The third-order valence-corrected chi connectivity index (χ3v) is 10.2. The van der Waals surface area contributed by atoms with E-state index in [4.69, 9.17) is 21.1 Å². The summed E-state index contributed by atoms with van der Waals surface area (Å²) in [5.41, 5.74) is -0.293. The predicted octanol–water partition coefficient (Wildman–Crippen LogP) is 2.77. The molecule has 1 saturated carbocycles. The first-order valence-corrected chi connectivity index (χ1v) is 19.1. The van der Waals surface area contributed by atoms with E-state index >= 15 is 0 Å². The van der Waals surface area contributed by atoms with Gasteiger partial charge in [0.15, 0.2) is 38.0 Å². The molecule has 1 aliphatic carbocycles. The molecule has 3 heterocycles. The molecule has 53 heavy (non-hydrogen) atoms. The van der Waals surface area contributed by atoms with Crippen LogP contribution in [0.15, 0.2) is 46.3 Å². The summed E-state index contributed by atoms with van der Waals surface area (Å²) in [4.78, 5) is 70.0. The number of benzene rings is 1. The number of carbonyl (C=O) groups excluding carboxylic acids is 4. The van der Waals surface area contributed by atoms with Gasteiger partial charge in [0.1, 0.15) is 5.92 Å². The minimum absolute atomic E-state index is 0.0668. The number of fused-ring (bicyclic) bond motifs is 1. The van der Waals surface area contributed by atoms with Gasteiger partial charge < -0.3 is 9.47 Å². The number of ether oxygens (including phenoxy) is 2. The summed E-state index contributed by atoms with van der Waals surface area (Å²) in [5.74, 6) is -3.63. The summed E-state index contributed by atoms with van der Waals surface area (Å²) in [6.45, 7) is 1.96. The van der Waals surface area contributed by atoms with Crippen LogP contribution in [0.25, 0.3) is 5.65 Å². The Balaban J connectivity index is 0.000000245. The van der Waals surface area contributed by atoms with E-state index in [9.17, 15) is 46.1 Å². The molecule has 2 N–H and O–H groups in total. The summed E-state index contributed by atoms with van der Waals surface area (Å²) in [7, 11) is -5.40. The van der Waals surface area contributed by atoms with E-state index < -0.39 is 70.4 Å². The van der Waals surface area contributed by atoms with Gasteiger partial charge in [0.2, 0.25) is 22.7 Å². The van der Waals surface area contributed by atoms with E-state index in [1.165, 1.54) is 20.3 Å². The average Bonchev–Trinajstić information content (AvgIpc) is 3.43. The topological polar surface area (TPSA) is 278 Å². The molecule has 0 saturated heterocycles. The van der Waals surface area contributed by atoms with Crippen LogP contribution in [0.3, 0.4) is 0 Å². The number of sulfone groups is 1. The molecule has 4 aromatic rings. The van der Waals surface area contributed by atoms with Gasteiger partial charge in [-0.15, -0.1) is 0 Å². The first kappa shape index (κ1) is 40.2. The number of hydrogen-bond donors (Lipinski definition) is 2. The molecule has 5 rings (SSSR count). The molecule has 3 aromatic heterocycles. The third-order valence-electron chi connectivity index (χ3n) is 7.37. The van der Waals surface area contributed by atoms with E-state index in [1.807, 2.05) is 11.6 Å². The molecule has 0 unspecified atom stereocenters. The number of rotatable bonds is 11. The van der Waals surface area contributed by atoms with Crippen LogP contribution in [0.2, 0.25) is 5.15 Å². The second-order valence-electron chi connectivity index (χ2n) is 11.2. The molecule has 0 radical (unpaired) electrons. The van der Waals surface area contributed by atoms with Crippen molar-refractivity contribution in [2.45, 2.75) is 48.9 Å². The number of nitro groups is 1. The van der Waals surface area contributed by atoms with Crippen LogP contribution >= 0.6 is 11.6 Å². The molecular weight excluding hydrogens is 764 g/mol. The Hall–Kier alpha value is -5.61. The molecule has 1 aliphatic rings. The quantitative estimate of drug-likeness (QED) is 0.0955. The monoisotopic (exact) mass is 794 g/mol. The first-order valence-electron chi connectivity index (χ1n) is 15.3. The zero-order valence-corrected chi connectivity index (χ0v) is 30.7. The number of aryl methyl sites for hydroxylation is 1. The Bertz CT molecular complexity index is 2310. The van der Waals surface area contributed by atoms with E-state index in [-0.39, 0.29) is 46.2 Å². The van der Waals surface area contributed by atoms with Gasteiger partial charge in [-0.05, 0) is 37.1 Å². The number of anilines is 1. The van der Waals surface area contributed by atoms with Gasteiger partial charge in [0, 0.05) is 25.2 Å². The second kappa shape index (κ2) is 16.4. The van der Waals surface area contributed by atoms with Crippen LogP contribution in [-0.4, -0.2) is 90.2 Å². The van der Waals surface area contributed by atoms with Gasteiger partial charge in [-0.2, -0.15) is 28.0 Å². The highest BCUT2D eigenvalue weighted by Gasteiger charge is 2.39. The van der Waals surface area contributed by atoms with Crippen molar-refractivity contribution in [1.82, 2.24) is 29.3 Å². The maximum Gasteiger partial charge on any atom is 0.335 e. The van der Waals surface area contributed by atoms with E-state index in [0.717, 1.165) is 35.4 Å². The van der Waals surface area contributed by atoms with Crippen LogP contribution in [0, 0.1) is 16.0 Å². The van der Waals surface area contributed by atoms with Crippen molar-refractivity contribution in [3.05, 3.63) is 62.9 Å². The van der Waals surface area contributed by atoms with Crippen molar-refractivity contribution in [2.24, 2.45) is 5.92 Å². The van der Waals surface area contributed by atoms with Gasteiger partial charge in [0.25, 0.3) is 15.7 Å². The highest BCUT2D eigenvalue weighted by atomic mass is 35.5. The smallest absolute Gasteiger partial charge is 0.335 e.